The maximum absolute atomic E-state index is 4.40. The number of hydrogen-bond donors (Lipinski definition) is 0. The molecule has 3 aromatic rings. The zero-order chi connectivity index (χ0) is 12.4. The van der Waals surface area contributed by atoms with E-state index in [0.717, 1.165) is 22.5 Å². The second kappa shape index (κ2) is 4.41. The van der Waals surface area contributed by atoms with E-state index in [0.29, 0.717) is 0 Å². The maximum Gasteiger partial charge on any atom is 0.0923 e. The number of aryl methyl sites for hydroxylation is 1. The van der Waals surface area contributed by atoms with Crippen molar-refractivity contribution >= 4 is 0 Å². The SMILES string of the molecule is Cn1ccc(-c2cccc(-c3cnccn3)c2)n1. The molecule has 0 radical (unpaired) electrons. The van der Waals surface area contributed by atoms with Crippen LogP contribution in [0.3, 0.4) is 0 Å². The Kier molecular flexibility index (Phi) is 2.61. The first kappa shape index (κ1) is 10.7. The molecule has 2 heterocycles. The minimum Gasteiger partial charge on any atom is -0.275 e. The van der Waals surface area contributed by atoms with Gasteiger partial charge in [0.05, 0.1) is 17.6 Å². The predicted octanol–water partition coefficient (Wildman–Crippen LogP) is 2.54. The number of aromatic nitrogens is 4. The summed E-state index contributed by atoms with van der Waals surface area (Å²) < 4.78 is 1.80. The molecule has 3 rings (SSSR count). The Morgan fingerprint density at radius 2 is 1.83 bits per heavy atom. The van der Waals surface area contributed by atoms with Crippen molar-refractivity contribution in [3.8, 4) is 22.5 Å². The second-order valence-corrected chi connectivity index (χ2v) is 4.05. The second-order valence-electron chi connectivity index (χ2n) is 4.05. The molecule has 4 heteroatoms. The predicted molar refractivity (Wildman–Crippen MR) is 69.7 cm³/mol. The van der Waals surface area contributed by atoms with Crippen LogP contribution in [0.15, 0.2) is 55.1 Å². The highest BCUT2D eigenvalue weighted by Crippen LogP contribution is 2.23. The molecule has 0 spiro atoms. The van der Waals surface area contributed by atoms with Gasteiger partial charge in [-0.25, -0.2) is 0 Å². The maximum atomic E-state index is 4.40. The van der Waals surface area contributed by atoms with Crippen molar-refractivity contribution in [1.82, 2.24) is 19.7 Å². The summed E-state index contributed by atoms with van der Waals surface area (Å²) >= 11 is 0. The normalized spacial score (nSPS) is 10.5. The fourth-order valence-electron chi connectivity index (χ4n) is 1.86. The molecule has 0 aliphatic heterocycles. The molecule has 0 saturated heterocycles. The van der Waals surface area contributed by atoms with Gasteiger partial charge in [-0.05, 0) is 12.1 Å². The molecular weight excluding hydrogens is 224 g/mol. The lowest BCUT2D eigenvalue weighted by Gasteiger charge is -2.02. The molecule has 0 N–H and O–H groups in total. The molecule has 0 bridgehead atoms. The Morgan fingerprint density at radius 1 is 1.00 bits per heavy atom. The fourth-order valence-corrected chi connectivity index (χ4v) is 1.86. The molecular formula is C14H12N4. The van der Waals surface area contributed by atoms with Gasteiger partial charge in [0.2, 0.25) is 0 Å². The molecule has 0 aliphatic carbocycles. The fraction of sp³-hybridized carbons (Fsp3) is 0.0714. The summed E-state index contributed by atoms with van der Waals surface area (Å²) in [5.74, 6) is 0. The van der Waals surface area contributed by atoms with E-state index in [2.05, 4.69) is 21.1 Å². The molecule has 18 heavy (non-hydrogen) atoms. The summed E-state index contributed by atoms with van der Waals surface area (Å²) in [5, 5.41) is 4.40. The number of hydrogen-bond acceptors (Lipinski definition) is 3. The first-order valence-electron chi connectivity index (χ1n) is 5.69. The van der Waals surface area contributed by atoms with Crippen LogP contribution in [0.25, 0.3) is 22.5 Å². The van der Waals surface area contributed by atoms with Gasteiger partial charge in [-0.1, -0.05) is 18.2 Å². The van der Waals surface area contributed by atoms with E-state index in [-0.39, 0.29) is 0 Å². The van der Waals surface area contributed by atoms with Gasteiger partial charge in [-0.2, -0.15) is 5.10 Å². The van der Waals surface area contributed by atoms with Gasteiger partial charge >= 0.3 is 0 Å². The average Bonchev–Trinajstić information content (AvgIpc) is 2.87. The van der Waals surface area contributed by atoms with Gasteiger partial charge in [-0.3, -0.25) is 14.6 Å². The molecule has 0 aliphatic rings. The van der Waals surface area contributed by atoms with Crippen molar-refractivity contribution in [2.75, 3.05) is 0 Å². The molecule has 4 nitrogen and oxygen atoms in total. The van der Waals surface area contributed by atoms with Gasteiger partial charge in [0, 0.05) is 36.8 Å². The largest absolute Gasteiger partial charge is 0.275 e. The highest BCUT2D eigenvalue weighted by Gasteiger charge is 2.04. The third-order valence-corrected chi connectivity index (χ3v) is 2.73. The smallest absolute Gasteiger partial charge is 0.0923 e. The highest BCUT2D eigenvalue weighted by molar-refractivity contribution is 5.68. The quantitative estimate of drug-likeness (QED) is 0.686. The highest BCUT2D eigenvalue weighted by atomic mass is 15.2. The summed E-state index contributed by atoms with van der Waals surface area (Å²) in [6.07, 6.45) is 7.07. The number of benzene rings is 1. The Hall–Kier alpha value is -2.49. The lowest BCUT2D eigenvalue weighted by atomic mass is 10.1. The summed E-state index contributed by atoms with van der Waals surface area (Å²) in [5.41, 5.74) is 3.96. The zero-order valence-electron chi connectivity index (χ0n) is 9.99. The van der Waals surface area contributed by atoms with Crippen LogP contribution in [0.4, 0.5) is 0 Å². The zero-order valence-corrected chi connectivity index (χ0v) is 9.99. The third-order valence-electron chi connectivity index (χ3n) is 2.73. The van der Waals surface area contributed by atoms with Crippen molar-refractivity contribution < 1.29 is 0 Å². The van der Waals surface area contributed by atoms with Crippen LogP contribution in [0.2, 0.25) is 0 Å². The third kappa shape index (κ3) is 2.00. The van der Waals surface area contributed by atoms with Gasteiger partial charge in [0.15, 0.2) is 0 Å². The van der Waals surface area contributed by atoms with Gasteiger partial charge in [-0.15, -0.1) is 0 Å². The van der Waals surface area contributed by atoms with E-state index in [1.165, 1.54) is 0 Å². The van der Waals surface area contributed by atoms with Gasteiger partial charge < -0.3 is 0 Å². The van der Waals surface area contributed by atoms with Gasteiger partial charge in [0.1, 0.15) is 0 Å². The summed E-state index contributed by atoms with van der Waals surface area (Å²) in [7, 11) is 1.91. The molecule has 1 aromatic carbocycles. The summed E-state index contributed by atoms with van der Waals surface area (Å²) in [6.45, 7) is 0. The van der Waals surface area contributed by atoms with E-state index in [1.54, 1.807) is 23.3 Å². The lowest BCUT2D eigenvalue weighted by Crippen LogP contribution is -1.89. The van der Waals surface area contributed by atoms with E-state index in [4.69, 9.17) is 0 Å². The Bertz CT molecular complexity index is 658. The Labute approximate surface area is 105 Å². The van der Waals surface area contributed by atoms with Crippen molar-refractivity contribution in [1.29, 1.82) is 0 Å². The Morgan fingerprint density at radius 3 is 2.50 bits per heavy atom. The number of nitrogens with zero attached hydrogens (tertiary/aromatic N) is 4. The van der Waals surface area contributed by atoms with Crippen molar-refractivity contribution in [3.63, 3.8) is 0 Å². The first-order valence-corrected chi connectivity index (χ1v) is 5.69. The lowest BCUT2D eigenvalue weighted by molar-refractivity contribution is 0.771. The molecule has 0 saturated carbocycles. The van der Waals surface area contributed by atoms with Crippen molar-refractivity contribution in [2.45, 2.75) is 0 Å². The Balaban J connectivity index is 2.05. The van der Waals surface area contributed by atoms with Crippen LogP contribution in [0.1, 0.15) is 0 Å². The minimum atomic E-state index is 0.871. The van der Waals surface area contributed by atoms with Crippen LogP contribution in [-0.4, -0.2) is 19.7 Å². The van der Waals surface area contributed by atoms with E-state index >= 15 is 0 Å². The molecule has 0 unspecified atom stereocenters. The van der Waals surface area contributed by atoms with E-state index in [9.17, 15) is 0 Å². The van der Waals surface area contributed by atoms with Crippen LogP contribution in [0, 0.1) is 0 Å². The summed E-state index contributed by atoms with van der Waals surface area (Å²) in [4.78, 5) is 8.39. The average molecular weight is 236 g/mol. The van der Waals surface area contributed by atoms with Crippen LogP contribution in [0.5, 0.6) is 0 Å². The standard InChI is InChI=1S/C14H12N4/c1-18-8-5-13(17-18)11-3-2-4-12(9-11)14-10-15-6-7-16-14/h2-10H,1H3. The molecule has 2 aromatic heterocycles. The molecule has 0 fully saturated rings. The van der Waals surface area contributed by atoms with E-state index in [1.807, 2.05) is 37.5 Å². The monoisotopic (exact) mass is 236 g/mol. The molecule has 0 amide bonds. The van der Waals surface area contributed by atoms with E-state index < -0.39 is 0 Å². The topological polar surface area (TPSA) is 43.6 Å². The summed E-state index contributed by atoms with van der Waals surface area (Å²) in [6, 6.07) is 10.1. The molecule has 0 atom stereocenters. The minimum absolute atomic E-state index is 0.871. The van der Waals surface area contributed by atoms with Crippen LogP contribution < -0.4 is 0 Å². The van der Waals surface area contributed by atoms with Crippen LogP contribution >= 0.6 is 0 Å². The van der Waals surface area contributed by atoms with Gasteiger partial charge in [0.25, 0.3) is 0 Å². The van der Waals surface area contributed by atoms with Crippen molar-refractivity contribution in [3.05, 3.63) is 55.1 Å². The number of rotatable bonds is 2. The first-order chi connectivity index (χ1) is 8.83. The molecule has 88 valence electrons. The van der Waals surface area contributed by atoms with Crippen molar-refractivity contribution in [2.24, 2.45) is 7.05 Å². The van der Waals surface area contributed by atoms with Crippen LogP contribution in [-0.2, 0) is 7.05 Å².